The highest BCUT2D eigenvalue weighted by molar-refractivity contribution is 6.09. The van der Waals surface area contributed by atoms with Crippen LogP contribution in [0.4, 0.5) is 0 Å². The molecule has 0 fully saturated rings. The molecule has 2 heteroatoms. The molecule has 0 amide bonds. The van der Waals surface area contributed by atoms with Gasteiger partial charge in [0.15, 0.2) is 5.78 Å². The van der Waals surface area contributed by atoms with Crippen molar-refractivity contribution >= 4 is 5.78 Å². The predicted octanol–water partition coefficient (Wildman–Crippen LogP) is 2.16. The van der Waals surface area contributed by atoms with Gasteiger partial charge in [0.2, 0.25) is 0 Å². The zero-order valence-corrected chi connectivity index (χ0v) is 8.92. The van der Waals surface area contributed by atoms with Crippen LogP contribution in [-0.2, 0) is 4.79 Å². The van der Waals surface area contributed by atoms with Gasteiger partial charge in [-0.25, -0.2) is 0 Å². The highest BCUT2D eigenvalue weighted by Crippen LogP contribution is 2.32. The molecule has 0 saturated heterocycles. The Morgan fingerprint density at radius 1 is 1.50 bits per heavy atom. The van der Waals surface area contributed by atoms with E-state index in [1.165, 1.54) is 0 Å². The molecular weight excluding hydrogens is 176 g/mol. The lowest BCUT2D eigenvalue weighted by Crippen LogP contribution is -2.33. The van der Waals surface area contributed by atoms with Gasteiger partial charge in [0.05, 0.1) is 0 Å². The van der Waals surface area contributed by atoms with Crippen molar-refractivity contribution in [2.75, 3.05) is 0 Å². The van der Waals surface area contributed by atoms with Gasteiger partial charge in [0, 0.05) is 6.42 Å². The molecule has 2 nitrogen and oxygen atoms in total. The average molecular weight is 192 g/mol. The smallest absolute Gasteiger partial charge is 0.184 e. The zero-order chi connectivity index (χ0) is 10.9. The Hall–Kier alpha value is -1.15. The van der Waals surface area contributed by atoms with Crippen molar-refractivity contribution in [3.05, 3.63) is 35.5 Å². The van der Waals surface area contributed by atoms with Crippen LogP contribution in [-0.4, -0.2) is 16.5 Å². The van der Waals surface area contributed by atoms with Crippen LogP contribution in [0.5, 0.6) is 0 Å². The molecule has 0 aromatic carbocycles. The van der Waals surface area contributed by atoms with Crippen LogP contribution < -0.4 is 0 Å². The molecule has 0 radical (unpaired) electrons. The minimum Gasteiger partial charge on any atom is -0.381 e. The Labute approximate surface area is 84.6 Å². The summed E-state index contributed by atoms with van der Waals surface area (Å²) in [4.78, 5) is 11.6. The maximum atomic E-state index is 11.6. The van der Waals surface area contributed by atoms with Gasteiger partial charge in [0.1, 0.15) is 5.60 Å². The summed E-state index contributed by atoms with van der Waals surface area (Å²) in [5, 5.41) is 10.2. The minimum absolute atomic E-state index is 0.0243. The van der Waals surface area contributed by atoms with Crippen LogP contribution in [0, 0.1) is 0 Å². The molecule has 0 heterocycles. The zero-order valence-electron chi connectivity index (χ0n) is 8.92. The molecular formula is C12H16O2. The maximum absolute atomic E-state index is 11.6. The number of hydrogen-bond donors (Lipinski definition) is 1. The fraction of sp³-hybridized carbons (Fsp3) is 0.417. The number of ketones is 1. The maximum Gasteiger partial charge on any atom is 0.184 e. The first kappa shape index (κ1) is 10.9. The number of rotatable bonds is 2. The van der Waals surface area contributed by atoms with Crippen LogP contribution in [0.2, 0.25) is 0 Å². The van der Waals surface area contributed by atoms with E-state index in [0.717, 1.165) is 5.57 Å². The second kappa shape index (κ2) is 3.54. The monoisotopic (exact) mass is 192 g/mol. The van der Waals surface area contributed by atoms with E-state index in [4.69, 9.17) is 0 Å². The standard InChI is InChI=1S/C12H16O2/c1-5-6-12(14)7-8(2)11(13)9(3)10(12)4/h5,7,14H,1,6H2,2-4H3. The first-order valence-electron chi connectivity index (χ1n) is 4.68. The van der Waals surface area contributed by atoms with Crippen molar-refractivity contribution in [1.82, 2.24) is 0 Å². The van der Waals surface area contributed by atoms with Gasteiger partial charge in [-0.1, -0.05) is 6.08 Å². The van der Waals surface area contributed by atoms with Crippen LogP contribution in [0.15, 0.2) is 35.5 Å². The molecule has 1 rings (SSSR count). The molecule has 1 atom stereocenters. The summed E-state index contributed by atoms with van der Waals surface area (Å²) in [6, 6.07) is 0. The molecule has 0 aromatic rings. The van der Waals surface area contributed by atoms with Crippen molar-refractivity contribution in [3.8, 4) is 0 Å². The normalized spacial score (nSPS) is 27.7. The molecule has 1 unspecified atom stereocenters. The van der Waals surface area contributed by atoms with E-state index in [0.29, 0.717) is 17.6 Å². The van der Waals surface area contributed by atoms with E-state index < -0.39 is 5.60 Å². The summed E-state index contributed by atoms with van der Waals surface area (Å²) in [6.07, 6.45) is 3.73. The molecule has 0 bridgehead atoms. The van der Waals surface area contributed by atoms with E-state index in [9.17, 15) is 9.90 Å². The number of carbonyl (C=O) groups is 1. The Bertz CT molecular complexity index is 347. The second-order valence-electron chi connectivity index (χ2n) is 3.82. The number of aliphatic hydroxyl groups is 1. The third kappa shape index (κ3) is 1.58. The largest absolute Gasteiger partial charge is 0.381 e. The van der Waals surface area contributed by atoms with Crippen LogP contribution >= 0.6 is 0 Å². The fourth-order valence-electron chi connectivity index (χ4n) is 1.75. The van der Waals surface area contributed by atoms with Crippen molar-refractivity contribution in [2.24, 2.45) is 0 Å². The van der Waals surface area contributed by atoms with E-state index in [1.807, 2.05) is 0 Å². The molecule has 0 saturated carbocycles. The molecule has 0 aliphatic heterocycles. The fourth-order valence-corrected chi connectivity index (χ4v) is 1.75. The molecule has 1 N–H and O–H groups in total. The Balaban J connectivity index is 3.22. The van der Waals surface area contributed by atoms with Crippen molar-refractivity contribution in [2.45, 2.75) is 32.8 Å². The van der Waals surface area contributed by atoms with Gasteiger partial charge < -0.3 is 5.11 Å². The van der Waals surface area contributed by atoms with Gasteiger partial charge in [-0.05, 0) is 43.6 Å². The van der Waals surface area contributed by atoms with Crippen molar-refractivity contribution in [1.29, 1.82) is 0 Å². The predicted molar refractivity (Wildman–Crippen MR) is 56.9 cm³/mol. The number of hydrogen-bond acceptors (Lipinski definition) is 2. The Morgan fingerprint density at radius 2 is 2.07 bits per heavy atom. The molecule has 1 aliphatic carbocycles. The third-order valence-electron chi connectivity index (χ3n) is 2.82. The highest BCUT2D eigenvalue weighted by Gasteiger charge is 2.32. The topological polar surface area (TPSA) is 37.3 Å². The molecule has 0 aromatic heterocycles. The van der Waals surface area contributed by atoms with E-state index in [-0.39, 0.29) is 5.78 Å². The molecule has 76 valence electrons. The van der Waals surface area contributed by atoms with Gasteiger partial charge in [-0.3, -0.25) is 4.79 Å². The first-order valence-corrected chi connectivity index (χ1v) is 4.68. The Morgan fingerprint density at radius 3 is 2.57 bits per heavy atom. The van der Waals surface area contributed by atoms with Gasteiger partial charge in [0.25, 0.3) is 0 Å². The van der Waals surface area contributed by atoms with Crippen LogP contribution in [0.3, 0.4) is 0 Å². The summed E-state index contributed by atoms with van der Waals surface area (Å²) in [7, 11) is 0. The lowest BCUT2D eigenvalue weighted by atomic mass is 9.80. The van der Waals surface area contributed by atoms with Crippen LogP contribution in [0.25, 0.3) is 0 Å². The minimum atomic E-state index is -1.01. The summed E-state index contributed by atoms with van der Waals surface area (Å²) >= 11 is 0. The summed E-state index contributed by atoms with van der Waals surface area (Å²) in [6.45, 7) is 8.88. The lowest BCUT2D eigenvalue weighted by molar-refractivity contribution is -0.112. The molecule has 0 spiro atoms. The summed E-state index contributed by atoms with van der Waals surface area (Å²) < 4.78 is 0. The highest BCUT2D eigenvalue weighted by atomic mass is 16.3. The van der Waals surface area contributed by atoms with Crippen molar-refractivity contribution in [3.63, 3.8) is 0 Å². The van der Waals surface area contributed by atoms with E-state index in [2.05, 4.69) is 6.58 Å². The third-order valence-corrected chi connectivity index (χ3v) is 2.82. The van der Waals surface area contributed by atoms with E-state index in [1.54, 1.807) is 32.9 Å². The van der Waals surface area contributed by atoms with Gasteiger partial charge >= 0.3 is 0 Å². The Kier molecular flexibility index (Phi) is 2.76. The quantitative estimate of drug-likeness (QED) is 0.681. The summed E-state index contributed by atoms with van der Waals surface area (Å²) in [5.74, 6) is 0.0243. The molecule has 14 heavy (non-hydrogen) atoms. The van der Waals surface area contributed by atoms with Crippen LogP contribution in [0.1, 0.15) is 27.2 Å². The van der Waals surface area contributed by atoms with Gasteiger partial charge in [-0.2, -0.15) is 0 Å². The molecule has 1 aliphatic rings. The number of carbonyl (C=O) groups excluding carboxylic acids is 1. The SMILES string of the molecule is C=CCC1(O)C=C(C)C(=O)C(C)=C1C. The second-order valence-corrected chi connectivity index (χ2v) is 3.82. The number of allylic oxidation sites excluding steroid dienone is 2. The van der Waals surface area contributed by atoms with Gasteiger partial charge in [-0.15, -0.1) is 6.58 Å². The summed E-state index contributed by atoms with van der Waals surface area (Å²) in [5.41, 5.74) is 0.976. The van der Waals surface area contributed by atoms with Crippen molar-refractivity contribution < 1.29 is 9.90 Å². The first-order chi connectivity index (χ1) is 6.42. The van der Waals surface area contributed by atoms with E-state index >= 15 is 0 Å². The average Bonchev–Trinajstić information content (AvgIpc) is 2.12. The lowest BCUT2D eigenvalue weighted by Gasteiger charge is -2.30. The number of Topliss-reactive ketones (excluding diaryl/α,β-unsaturated/α-hetero) is 1.